The number of nitrogens with two attached hydrogens (primary N) is 1. The zero-order chi connectivity index (χ0) is 19.0. The molecular formula is C22H20N4O. The predicted octanol–water partition coefficient (Wildman–Crippen LogP) is 4.36. The molecule has 1 aliphatic rings. The minimum absolute atomic E-state index is 0.0313. The number of nitriles is 1. The van der Waals surface area contributed by atoms with E-state index >= 15 is 0 Å². The maximum absolute atomic E-state index is 9.79. The third kappa shape index (κ3) is 2.85. The summed E-state index contributed by atoms with van der Waals surface area (Å²) in [6.07, 6.45) is 0. The molecule has 2 atom stereocenters. The van der Waals surface area contributed by atoms with Gasteiger partial charge < -0.3 is 10.5 Å². The highest BCUT2D eigenvalue weighted by Gasteiger charge is 2.38. The number of benzene rings is 2. The van der Waals surface area contributed by atoms with Gasteiger partial charge in [-0.2, -0.15) is 5.26 Å². The molecule has 0 saturated carbocycles. The summed E-state index contributed by atoms with van der Waals surface area (Å²) in [5.41, 5.74) is 11.5. The average Bonchev–Trinajstić information content (AvgIpc) is 3.11. The van der Waals surface area contributed by atoms with E-state index in [-0.39, 0.29) is 17.7 Å². The van der Waals surface area contributed by atoms with Crippen molar-refractivity contribution >= 4 is 0 Å². The fraction of sp³-hybridized carbons (Fsp3) is 0.182. The number of nitrogens with zero attached hydrogens (tertiary/aromatic N) is 2. The number of ether oxygens (including phenoxy) is 1. The van der Waals surface area contributed by atoms with Crippen LogP contribution < -0.4 is 10.5 Å². The van der Waals surface area contributed by atoms with Crippen LogP contribution >= 0.6 is 0 Å². The van der Waals surface area contributed by atoms with Crippen molar-refractivity contribution in [1.82, 2.24) is 10.2 Å². The lowest BCUT2D eigenvalue weighted by molar-refractivity contribution is 0.368. The molecule has 0 radical (unpaired) electrons. The molecule has 3 N–H and O–H groups in total. The molecule has 0 fully saturated rings. The largest absolute Gasteiger partial charge is 0.420 e. The molecule has 134 valence electrons. The SMILES string of the molecule is Cc1ccc(-c2[nH]nc3c2[C@@H]([C@H](C)c2ccccc2)C(C#N)=C(N)O3)cc1. The summed E-state index contributed by atoms with van der Waals surface area (Å²) in [5, 5.41) is 17.2. The van der Waals surface area contributed by atoms with Gasteiger partial charge in [-0.05, 0) is 24.0 Å². The zero-order valence-electron chi connectivity index (χ0n) is 15.2. The highest BCUT2D eigenvalue weighted by Crippen LogP contribution is 2.48. The molecule has 5 heteroatoms. The molecule has 1 aromatic heterocycles. The second-order valence-corrected chi connectivity index (χ2v) is 6.85. The van der Waals surface area contributed by atoms with Gasteiger partial charge in [0.2, 0.25) is 11.8 Å². The van der Waals surface area contributed by atoms with Crippen molar-refractivity contribution in [2.24, 2.45) is 5.73 Å². The van der Waals surface area contributed by atoms with Crippen LogP contribution in [-0.2, 0) is 0 Å². The van der Waals surface area contributed by atoms with Crippen molar-refractivity contribution in [2.45, 2.75) is 25.7 Å². The molecule has 1 aliphatic heterocycles. The molecule has 0 spiro atoms. The molecule has 0 bridgehead atoms. The van der Waals surface area contributed by atoms with Crippen molar-refractivity contribution in [1.29, 1.82) is 5.26 Å². The molecule has 27 heavy (non-hydrogen) atoms. The first-order valence-electron chi connectivity index (χ1n) is 8.88. The van der Waals surface area contributed by atoms with E-state index in [4.69, 9.17) is 10.5 Å². The van der Waals surface area contributed by atoms with Crippen LogP contribution in [0.5, 0.6) is 5.88 Å². The summed E-state index contributed by atoms with van der Waals surface area (Å²) in [6, 6.07) is 20.6. The van der Waals surface area contributed by atoms with Crippen LogP contribution in [0.3, 0.4) is 0 Å². The first-order valence-corrected chi connectivity index (χ1v) is 8.88. The van der Waals surface area contributed by atoms with E-state index in [9.17, 15) is 5.26 Å². The second-order valence-electron chi connectivity index (χ2n) is 6.85. The number of rotatable bonds is 3. The molecule has 0 amide bonds. The Labute approximate surface area is 158 Å². The summed E-state index contributed by atoms with van der Waals surface area (Å²) in [6.45, 7) is 4.15. The van der Waals surface area contributed by atoms with Crippen molar-refractivity contribution in [2.75, 3.05) is 0 Å². The van der Waals surface area contributed by atoms with Crippen LogP contribution in [0.4, 0.5) is 0 Å². The second kappa shape index (κ2) is 6.65. The van der Waals surface area contributed by atoms with E-state index in [2.05, 4.69) is 47.5 Å². The van der Waals surface area contributed by atoms with E-state index in [1.165, 1.54) is 5.56 Å². The fourth-order valence-electron chi connectivity index (χ4n) is 3.67. The Bertz CT molecular complexity index is 1040. The molecule has 2 heterocycles. The molecule has 3 aromatic rings. The number of aryl methyl sites for hydroxylation is 1. The minimum atomic E-state index is -0.240. The summed E-state index contributed by atoms with van der Waals surface area (Å²) in [5.74, 6) is 0.356. The molecule has 0 saturated heterocycles. The Morgan fingerprint density at radius 1 is 1.15 bits per heavy atom. The number of nitrogens with one attached hydrogen (secondary N) is 1. The zero-order valence-corrected chi connectivity index (χ0v) is 15.2. The number of fused-ring (bicyclic) bond motifs is 1. The van der Waals surface area contributed by atoms with E-state index in [0.29, 0.717) is 11.5 Å². The van der Waals surface area contributed by atoms with Gasteiger partial charge in [0.15, 0.2) is 0 Å². The maximum Gasteiger partial charge on any atom is 0.244 e. The quantitative estimate of drug-likeness (QED) is 0.730. The van der Waals surface area contributed by atoms with Crippen LogP contribution in [0.25, 0.3) is 11.3 Å². The monoisotopic (exact) mass is 356 g/mol. The summed E-state index contributed by atoms with van der Waals surface area (Å²) in [7, 11) is 0. The van der Waals surface area contributed by atoms with Crippen LogP contribution in [-0.4, -0.2) is 10.2 Å². The first-order chi connectivity index (χ1) is 13.1. The molecule has 0 unspecified atom stereocenters. The fourth-order valence-corrected chi connectivity index (χ4v) is 3.67. The number of allylic oxidation sites excluding steroid dienone is 1. The van der Waals surface area contributed by atoms with Gasteiger partial charge in [-0.15, -0.1) is 5.10 Å². The first kappa shape index (κ1) is 16.9. The van der Waals surface area contributed by atoms with Crippen molar-refractivity contribution in [3.05, 3.63) is 82.7 Å². The molecule has 2 aromatic carbocycles. The van der Waals surface area contributed by atoms with Crippen molar-refractivity contribution in [3.8, 4) is 23.2 Å². The van der Waals surface area contributed by atoms with Gasteiger partial charge in [0.1, 0.15) is 6.07 Å². The highest BCUT2D eigenvalue weighted by molar-refractivity contribution is 5.69. The third-order valence-corrected chi connectivity index (χ3v) is 5.15. The molecule has 4 rings (SSSR count). The predicted molar refractivity (Wildman–Crippen MR) is 104 cm³/mol. The van der Waals surface area contributed by atoms with E-state index in [0.717, 1.165) is 22.4 Å². The maximum atomic E-state index is 9.79. The highest BCUT2D eigenvalue weighted by atomic mass is 16.5. The third-order valence-electron chi connectivity index (χ3n) is 5.15. The van der Waals surface area contributed by atoms with Crippen LogP contribution in [0, 0.1) is 18.3 Å². The van der Waals surface area contributed by atoms with E-state index < -0.39 is 0 Å². The van der Waals surface area contributed by atoms with Crippen molar-refractivity contribution < 1.29 is 4.74 Å². The van der Waals surface area contributed by atoms with Gasteiger partial charge in [0, 0.05) is 5.92 Å². The van der Waals surface area contributed by atoms with Crippen LogP contribution in [0.15, 0.2) is 66.1 Å². The molecular weight excluding hydrogens is 336 g/mol. The molecule has 5 nitrogen and oxygen atoms in total. The van der Waals surface area contributed by atoms with E-state index in [1.807, 2.05) is 37.3 Å². The summed E-state index contributed by atoms with van der Waals surface area (Å²) in [4.78, 5) is 0. The van der Waals surface area contributed by atoms with Crippen LogP contribution in [0.1, 0.15) is 35.4 Å². The standard InChI is InChI=1S/C22H20N4O/c1-13-8-10-16(11-9-13)20-19-18(14(2)15-6-4-3-5-7-15)17(12-23)21(24)27-22(19)26-25-20/h3-11,14,18H,24H2,1-2H3,(H,25,26)/t14-,18+/m1/s1. The van der Waals surface area contributed by atoms with Crippen molar-refractivity contribution in [3.63, 3.8) is 0 Å². The average molecular weight is 356 g/mol. The van der Waals surface area contributed by atoms with Gasteiger partial charge >= 0.3 is 0 Å². The number of aromatic nitrogens is 2. The Morgan fingerprint density at radius 2 is 1.85 bits per heavy atom. The number of hydrogen-bond donors (Lipinski definition) is 2. The lowest BCUT2D eigenvalue weighted by Gasteiger charge is -2.28. The Kier molecular flexibility index (Phi) is 4.17. The summed E-state index contributed by atoms with van der Waals surface area (Å²) >= 11 is 0. The van der Waals surface area contributed by atoms with Crippen LogP contribution in [0.2, 0.25) is 0 Å². The normalized spacial score (nSPS) is 17.0. The smallest absolute Gasteiger partial charge is 0.244 e. The Morgan fingerprint density at radius 3 is 2.52 bits per heavy atom. The Hall–Kier alpha value is -3.52. The van der Waals surface area contributed by atoms with Gasteiger partial charge in [0.25, 0.3) is 0 Å². The number of hydrogen-bond acceptors (Lipinski definition) is 4. The summed E-state index contributed by atoms with van der Waals surface area (Å²) < 4.78 is 5.67. The van der Waals surface area contributed by atoms with Gasteiger partial charge in [-0.1, -0.05) is 67.1 Å². The lowest BCUT2D eigenvalue weighted by atomic mass is 9.76. The van der Waals surface area contributed by atoms with E-state index in [1.54, 1.807) is 0 Å². The van der Waals surface area contributed by atoms with Gasteiger partial charge in [0.05, 0.1) is 16.8 Å². The number of aromatic amines is 1. The van der Waals surface area contributed by atoms with Gasteiger partial charge in [-0.3, -0.25) is 5.10 Å². The van der Waals surface area contributed by atoms with Gasteiger partial charge in [-0.25, -0.2) is 0 Å². The topological polar surface area (TPSA) is 87.7 Å². The minimum Gasteiger partial charge on any atom is -0.420 e. The number of H-pyrrole nitrogens is 1. The Balaban J connectivity index is 1.89. The molecule has 0 aliphatic carbocycles. The lowest BCUT2D eigenvalue weighted by Crippen LogP contribution is -2.23.